The number of benzene rings is 4. The maximum atomic E-state index is 11.2. The number of phenols is 1. The fourth-order valence-electron chi connectivity index (χ4n) is 3.34. The first-order valence-electron chi connectivity index (χ1n) is 9.62. The summed E-state index contributed by atoms with van der Waals surface area (Å²) in [6.45, 7) is 1.05. The number of nitrogens with two attached hydrogens (primary N) is 1. The Bertz CT molecular complexity index is 1530. The van der Waals surface area contributed by atoms with Crippen LogP contribution in [0.5, 0.6) is 5.75 Å². The van der Waals surface area contributed by atoms with Crippen LogP contribution < -0.4 is 70.2 Å². The summed E-state index contributed by atoms with van der Waals surface area (Å²) in [4.78, 5) is -0.507. The predicted octanol–water partition coefficient (Wildman–Crippen LogP) is -3.43. The molecule has 9 nitrogen and oxygen atoms in total. The van der Waals surface area contributed by atoms with Gasteiger partial charge >= 0.3 is 59.1 Å². The Kier molecular flexibility index (Phi) is 12.1. The largest absolute Gasteiger partial charge is 1.00 e. The summed E-state index contributed by atoms with van der Waals surface area (Å²) in [6.07, 6.45) is 0. The van der Waals surface area contributed by atoms with E-state index < -0.39 is 20.2 Å². The fourth-order valence-corrected chi connectivity index (χ4v) is 4.73. The number of phenolic OH excluding ortho intramolecular Hbond substituents is 1. The summed E-state index contributed by atoms with van der Waals surface area (Å²) in [6, 6.07) is 18.4. The van der Waals surface area contributed by atoms with Gasteiger partial charge in [-0.25, -0.2) is 16.8 Å². The van der Waals surface area contributed by atoms with E-state index in [9.17, 15) is 31.0 Å². The molecule has 0 unspecified atom stereocenters. The van der Waals surface area contributed by atoms with E-state index in [-0.39, 0.29) is 80.0 Å². The summed E-state index contributed by atoms with van der Waals surface area (Å²) < 4.78 is 66.3. The Morgan fingerprint density at radius 3 is 1.63 bits per heavy atom. The normalized spacial score (nSPS) is 11.1. The molecule has 0 aliphatic heterocycles. The molecule has 0 saturated heterocycles. The van der Waals surface area contributed by atoms with Crippen molar-refractivity contribution in [3.05, 3.63) is 72.8 Å². The van der Waals surface area contributed by atoms with E-state index in [1.807, 2.05) is 6.07 Å². The summed E-state index contributed by atoms with van der Waals surface area (Å²) in [5, 5.41) is 14.3. The van der Waals surface area contributed by atoms with Crippen LogP contribution in [-0.4, -0.2) is 44.1 Å². The molecule has 4 aromatic carbocycles. The van der Waals surface area contributed by atoms with Gasteiger partial charge in [-0.05, 0) is 24.3 Å². The van der Waals surface area contributed by atoms with E-state index in [1.165, 1.54) is 36.4 Å². The van der Waals surface area contributed by atoms with Crippen LogP contribution in [0.4, 0.5) is 5.69 Å². The van der Waals surface area contributed by atoms with Crippen LogP contribution in [0.25, 0.3) is 21.5 Å². The first-order valence-corrected chi connectivity index (χ1v) is 12.4. The molecule has 0 aliphatic carbocycles. The Balaban J connectivity index is 0.000000336. The molecule has 4 rings (SSSR count). The zero-order valence-electron chi connectivity index (χ0n) is 19.1. The van der Waals surface area contributed by atoms with E-state index in [4.69, 9.17) is 5.73 Å². The van der Waals surface area contributed by atoms with Crippen molar-refractivity contribution in [2.75, 3.05) is 18.4 Å². The number of hydrogen-bond donors (Lipinski definition) is 3. The average molecular weight is 535 g/mol. The molecule has 0 radical (unpaired) electrons. The molecule has 35 heavy (non-hydrogen) atoms. The molecule has 0 saturated carbocycles. The van der Waals surface area contributed by atoms with Crippen LogP contribution in [0, 0.1) is 0 Å². The van der Waals surface area contributed by atoms with Gasteiger partial charge in [0.15, 0.2) is 0 Å². The van der Waals surface area contributed by atoms with Gasteiger partial charge in [-0.2, -0.15) is 0 Å². The minimum atomic E-state index is -4.51. The van der Waals surface area contributed by atoms with Gasteiger partial charge in [0.2, 0.25) is 0 Å². The van der Waals surface area contributed by atoms with Crippen molar-refractivity contribution in [2.24, 2.45) is 5.73 Å². The first-order chi connectivity index (χ1) is 15.5. The number of aromatic hydroxyl groups is 1. The van der Waals surface area contributed by atoms with Crippen LogP contribution in [0.15, 0.2) is 82.6 Å². The summed E-state index contributed by atoms with van der Waals surface area (Å²) in [5.41, 5.74) is 6.18. The molecule has 0 amide bonds. The zero-order chi connectivity index (χ0) is 24.2. The van der Waals surface area contributed by atoms with Crippen molar-refractivity contribution >= 4 is 47.5 Å². The Hall–Kier alpha value is -1.22. The topological polar surface area (TPSA) is 173 Å². The van der Waals surface area contributed by atoms with Gasteiger partial charge in [-0.3, -0.25) is 0 Å². The fraction of sp³-hybridized carbons (Fsp3) is 0.0909. The molecule has 4 aromatic rings. The van der Waals surface area contributed by atoms with E-state index in [0.717, 1.165) is 5.69 Å². The summed E-state index contributed by atoms with van der Waals surface area (Å²) in [5.74, 6) is -0.0435. The molecular formula is C22H20N2Na2O7S2. The molecule has 0 atom stereocenters. The quantitative estimate of drug-likeness (QED) is 0.174. The molecule has 0 aromatic heterocycles. The maximum absolute atomic E-state index is 11.2. The Morgan fingerprint density at radius 2 is 1.11 bits per heavy atom. The monoisotopic (exact) mass is 534 g/mol. The van der Waals surface area contributed by atoms with Crippen LogP contribution in [0.2, 0.25) is 0 Å². The molecule has 0 aliphatic rings. The second-order valence-corrected chi connectivity index (χ2v) is 9.61. The minimum Gasteiger partial charge on any atom is -0.744 e. The van der Waals surface area contributed by atoms with Gasteiger partial charge < -0.3 is 25.3 Å². The van der Waals surface area contributed by atoms with Gasteiger partial charge in [0.1, 0.15) is 26.0 Å². The molecular weight excluding hydrogens is 514 g/mol. The van der Waals surface area contributed by atoms with Gasteiger partial charge in [-0.15, -0.1) is 0 Å². The second-order valence-electron chi connectivity index (χ2n) is 6.91. The van der Waals surface area contributed by atoms with Crippen LogP contribution in [-0.2, 0) is 20.2 Å². The number of anilines is 1. The van der Waals surface area contributed by atoms with Gasteiger partial charge in [0, 0.05) is 40.3 Å². The molecule has 0 heterocycles. The maximum Gasteiger partial charge on any atom is 1.00 e. The van der Waals surface area contributed by atoms with Gasteiger partial charge in [0.05, 0.1) is 9.79 Å². The van der Waals surface area contributed by atoms with E-state index in [0.29, 0.717) is 29.2 Å². The third kappa shape index (κ3) is 7.88. The standard InChI is InChI=1S/C12H14N2O3S.C10H8O4S.2Na/c13-7-8-14-11-5-1-4-10-9(11)3-2-6-12(10)18(15,16)17;11-9-5-1-4-8-7(9)3-2-6-10(8)15(12,13)14;;/h1-6,14H,7-8,13H2,(H,15,16,17);1-6,11H,(H,12,13,14);;/q;;2*+1/p-2. The van der Waals surface area contributed by atoms with Gasteiger partial charge in [-0.1, -0.05) is 48.5 Å². The van der Waals surface area contributed by atoms with Crippen molar-refractivity contribution in [1.82, 2.24) is 0 Å². The zero-order valence-corrected chi connectivity index (χ0v) is 24.8. The number of hydrogen-bond acceptors (Lipinski definition) is 9. The summed E-state index contributed by atoms with van der Waals surface area (Å²) >= 11 is 0. The smallest absolute Gasteiger partial charge is 0.744 e. The average Bonchev–Trinajstić information content (AvgIpc) is 2.76. The molecule has 0 fully saturated rings. The minimum absolute atomic E-state index is 0. The molecule has 13 heteroatoms. The molecule has 174 valence electrons. The third-order valence-corrected chi connectivity index (χ3v) is 6.53. The number of rotatable bonds is 5. The summed E-state index contributed by atoms with van der Waals surface area (Å²) in [7, 11) is -8.98. The molecule has 0 bridgehead atoms. The van der Waals surface area contributed by atoms with Crippen LogP contribution >= 0.6 is 0 Å². The van der Waals surface area contributed by atoms with Crippen LogP contribution in [0.1, 0.15) is 0 Å². The van der Waals surface area contributed by atoms with Crippen LogP contribution in [0.3, 0.4) is 0 Å². The van der Waals surface area contributed by atoms with Crippen molar-refractivity contribution in [2.45, 2.75) is 9.79 Å². The van der Waals surface area contributed by atoms with E-state index in [2.05, 4.69) is 5.32 Å². The SMILES string of the molecule is NCCNc1cccc2c(S(=O)(=O)[O-])cccc12.O=S(=O)([O-])c1cccc2c(O)cccc12.[Na+].[Na+]. The third-order valence-electron chi connectivity index (χ3n) is 4.74. The van der Waals surface area contributed by atoms with E-state index >= 15 is 0 Å². The molecule has 0 spiro atoms. The molecule has 4 N–H and O–H groups in total. The Morgan fingerprint density at radius 1 is 0.686 bits per heavy atom. The number of fused-ring (bicyclic) bond motifs is 2. The predicted molar refractivity (Wildman–Crippen MR) is 123 cm³/mol. The van der Waals surface area contributed by atoms with Gasteiger partial charge in [0.25, 0.3) is 0 Å². The van der Waals surface area contributed by atoms with Crippen molar-refractivity contribution in [3.63, 3.8) is 0 Å². The van der Waals surface area contributed by atoms with Crippen molar-refractivity contribution < 1.29 is 90.2 Å². The van der Waals surface area contributed by atoms with Crippen molar-refractivity contribution in [3.8, 4) is 5.75 Å². The number of nitrogens with one attached hydrogen (secondary N) is 1. The first kappa shape index (κ1) is 31.8. The van der Waals surface area contributed by atoms with Crippen molar-refractivity contribution in [1.29, 1.82) is 0 Å². The Labute approximate surface area is 247 Å². The van der Waals surface area contributed by atoms with E-state index in [1.54, 1.807) is 30.3 Å². The second kappa shape index (κ2) is 13.4.